The Labute approximate surface area is 97.9 Å². The molecule has 0 saturated heterocycles. The number of ketones is 1. The Morgan fingerprint density at radius 3 is 2.38 bits per heavy atom. The molecule has 0 unspecified atom stereocenters. The summed E-state index contributed by atoms with van der Waals surface area (Å²) in [7, 11) is 0. The highest BCUT2D eigenvalue weighted by atomic mass is 16.1. The Morgan fingerprint density at radius 1 is 1.31 bits per heavy atom. The van der Waals surface area contributed by atoms with E-state index in [1.54, 1.807) is 0 Å². The molecular formula is C14H21NO. The van der Waals surface area contributed by atoms with Gasteiger partial charge < -0.3 is 5.73 Å². The van der Waals surface area contributed by atoms with E-state index < -0.39 is 0 Å². The summed E-state index contributed by atoms with van der Waals surface area (Å²) in [5.74, 6) is 0.184. The minimum Gasteiger partial charge on any atom is -0.329 e. The lowest BCUT2D eigenvalue weighted by molar-refractivity contribution is 0.0787. The third kappa shape index (κ3) is 2.33. The molecule has 2 N–H and O–H groups in total. The average Bonchev–Trinajstić information content (AvgIpc) is 2.32. The Balaban J connectivity index is 3.09. The van der Waals surface area contributed by atoms with Crippen molar-refractivity contribution in [3.8, 4) is 0 Å². The molecule has 0 atom stereocenters. The molecule has 0 aromatic heterocycles. The van der Waals surface area contributed by atoms with Crippen LogP contribution >= 0.6 is 0 Å². The van der Waals surface area contributed by atoms with Gasteiger partial charge in [0.2, 0.25) is 0 Å². The number of hydrogen-bond donors (Lipinski definition) is 1. The summed E-state index contributed by atoms with van der Waals surface area (Å²) in [6.45, 7) is 6.49. The van der Waals surface area contributed by atoms with Gasteiger partial charge in [-0.25, -0.2) is 0 Å². The van der Waals surface area contributed by atoms with Crippen molar-refractivity contribution in [3.05, 3.63) is 35.4 Å². The zero-order valence-electron chi connectivity index (χ0n) is 10.4. The van der Waals surface area contributed by atoms with E-state index in [1.807, 2.05) is 45.0 Å². The summed E-state index contributed by atoms with van der Waals surface area (Å²) in [4.78, 5) is 12.4. The highest BCUT2D eigenvalue weighted by Gasteiger charge is 2.33. The van der Waals surface area contributed by atoms with Crippen LogP contribution in [-0.4, -0.2) is 12.3 Å². The molecule has 1 aromatic rings. The largest absolute Gasteiger partial charge is 0.329 e. The maximum Gasteiger partial charge on any atom is 0.170 e. The van der Waals surface area contributed by atoms with Gasteiger partial charge in [0.1, 0.15) is 0 Å². The third-order valence-electron chi connectivity index (χ3n) is 3.51. The van der Waals surface area contributed by atoms with E-state index in [9.17, 15) is 4.79 Å². The molecule has 0 heterocycles. The predicted octanol–water partition coefficient (Wildman–Crippen LogP) is 2.94. The molecule has 0 saturated carbocycles. The summed E-state index contributed by atoms with van der Waals surface area (Å²) < 4.78 is 0. The van der Waals surface area contributed by atoms with E-state index in [4.69, 9.17) is 5.73 Å². The van der Waals surface area contributed by atoms with Crippen molar-refractivity contribution < 1.29 is 4.79 Å². The van der Waals surface area contributed by atoms with E-state index in [2.05, 4.69) is 0 Å². The molecule has 0 aliphatic heterocycles. The number of carbonyl (C=O) groups excluding carboxylic acids is 1. The molecule has 0 spiro atoms. The fourth-order valence-electron chi connectivity index (χ4n) is 2.04. The van der Waals surface area contributed by atoms with Gasteiger partial charge >= 0.3 is 0 Å². The molecule has 2 heteroatoms. The maximum absolute atomic E-state index is 12.4. The summed E-state index contributed by atoms with van der Waals surface area (Å²) >= 11 is 0. The topological polar surface area (TPSA) is 43.1 Å². The van der Waals surface area contributed by atoms with E-state index in [1.165, 1.54) is 0 Å². The summed E-state index contributed by atoms with van der Waals surface area (Å²) in [5.41, 5.74) is 7.30. The Kier molecular flexibility index (Phi) is 4.25. The van der Waals surface area contributed by atoms with Gasteiger partial charge in [-0.2, -0.15) is 0 Å². The summed E-state index contributed by atoms with van der Waals surface area (Å²) in [6, 6.07) is 7.75. The van der Waals surface area contributed by atoms with Crippen molar-refractivity contribution >= 4 is 5.78 Å². The van der Waals surface area contributed by atoms with Gasteiger partial charge in [0.25, 0.3) is 0 Å². The molecule has 16 heavy (non-hydrogen) atoms. The monoisotopic (exact) mass is 219 g/mol. The second-order valence-electron chi connectivity index (χ2n) is 4.39. The van der Waals surface area contributed by atoms with Crippen molar-refractivity contribution in [1.29, 1.82) is 0 Å². The van der Waals surface area contributed by atoms with Crippen molar-refractivity contribution in [1.82, 2.24) is 0 Å². The van der Waals surface area contributed by atoms with E-state index in [-0.39, 0.29) is 11.2 Å². The van der Waals surface area contributed by atoms with Crippen LogP contribution in [-0.2, 0) is 0 Å². The van der Waals surface area contributed by atoms with Crippen molar-refractivity contribution in [2.45, 2.75) is 33.6 Å². The second-order valence-corrected chi connectivity index (χ2v) is 4.39. The Bertz CT molecular complexity index is 358. The van der Waals surface area contributed by atoms with Gasteiger partial charge in [0.15, 0.2) is 5.78 Å². The van der Waals surface area contributed by atoms with Crippen molar-refractivity contribution in [3.63, 3.8) is 0 Å². The molecule has 88 valence electrons. The predicted molar refractivity (Wildman–Crippen MR) is 67.6 cm³/mol. The molecule has 0 bridgehead atoms. The van der Waals surface area contributed by atoms with E-state index >= 15 is 0 Å². The molecule has 1 aromatic carbocycles. The molecule has 0 aliphatic carbocycles. The van der Waals surface area contributed by atoms with Gasteiger partial charge in [0.05, 0.1) is 0 Å². The SMILES string of the molecule is CCC(CC)(CN)C(=O)c1cccc(C)c1. The minimum absolute atomic E-state index is 0.184. The van der Waals surface area contributed by atoms with Crippen molar-refractivity contribution in [2.24, 2.45) is 11.1 Å². The van der Waals surface area contributed by atoms with E-state index in [0.717, 1.165) is 24.0 Å². The van der Waals surface area contributed by atoms with Gasteiger partial charge in [-0.15, -0.1) is 0 Å². The minimum atomic E-state index is -0.381. The Morgan fingerprint density at radius 2 is 1.94 bits per heavy atom. The highest BCUT2D eigenvalue weighted by molar-refractivity contribution is 6.00. The fourth-order valence-corrected chi connectivity index (χ4v) is 2.04. The number of nitrogens with two attached hydrogens (primary N) is 1. The smallest absolute Gasteiger partial charge is 0.170 e. The van der Waals surface area contributed by atoms with Gasteiger partial charge in [-0.1, -0.05) is 37.6 Å². The first-order valence-corrected chi connectivity index (χ1v) is 5.91. The van der Waals surface area contributed by atoms with Crippen LogP contribution < -0.4 is 5.73 Å². The molecule has 2 nitrogen and oxygen atoms in total. The highest BCUT2D eigenvalue weighted by Crippen LogP contribution is 2.29. The third-order valence-corrected chi connectivity index (χ3v) is 3.51. The van der Waals surface area contributed by atoms with Gasteiger partial charge in [-0.3, -0.25) is 4.79 Å². The number of Topliss-reactive ketones (excluding diaryl/α,β-unsaturated/α-hetero) is 1. The van der Waals surface area contributed by atoms with Gasteiger partial charge in [0, 0.05) is 17.5 Å². The summed E-state index contributed by atoms with van der Waals surface area (Å²) in [5, 5.41) is 0. The zero-order valence-corrected chi connectivity index (χ0v) is 10.4. The summed E-state index contributed by atoms with van der Waals surface area (Å²) in [6.07, 6.45) is 1.60. The molecule has 0 amide bonds. The normalized spacial score (nSPS) is 11.5. The van der Waals surface area contributed by atoms with Crippen molar-refractivity contribution in [2.75, 3.05) is 6.54 Å². The molecule has 0 fully saturated rings. The molecule has 0 radical (unpaired) electrons. The van der Waals surface area contributed by atoms with Crippen LogP contribution in [0.25, 0.3) is 0 Å². The lowest BCUT2D eigenvalue weighted by Crippen LogP contribution is -2.37. The number of aryl methyl sites for hydroxylation is 1. The number of carbonyl (C=O) groups is 1. The fraction of sp³-hybridized carbons (Fsp3) is 0.500. The number of hydrogen-bond acceptors (Lipinski definition) is 2. The lowest BCUT2D eigenvalue weighted by Gasteiger charge is -2.28. The van der Waals surface area contributed by atoms with Crippen LogP contribution in [0.4, 0.5) is 0 Å². The van der Waals surface area contributed by atoms with Crippen LogP contribution in [0.15, 0.2) is 24.3 Å². The lowest BCUT2D eigenvalue weighted by atomic mass is 9.76. The maximum atomic E-state index is 12.4. The first-order chi connectivity index (χ1) is 7.59. The Hall–Kier alpha value is -1.15. The van der Waals surface area contributed by atoms with Crippen LogP contribution in [0.3, 0.4) is 0 Å². The van der Waals surface area contributed by atoms with Gasteiger partial charge in [-0.05, 0) is 25.8 Å². The average molecular weight is 219 g/mol. The van der Waals surface area contributed by atoms with Crippen LogP contribution in [0.2, 0.25) is 0 Å². The number of benzene rings is 1. The van der Waals surface area contributed by atoms with E-state index in [0.29, 0.717) is 6.54 Å². The van der Waals surface area contributed by atoms with Crippen LogP contribution in [0.1, 0.15) is 42.6 Å². The second kappa shape index (κ2) is 5.26. The molecule has 1 rings (SSSR count). The van der Waals surface area contributed by atoms with Crippen LogP contribution in [0, 0.1) is 12.3 Å². The van der Waals surface area contributed by atoms with Crippen LogP contribution in [0.5, 0.6) is 0 Å². The molecular weight excluding hydrogens is 198 g/mol. The molecule has 0 aliphatic rings. The zero-order chi connectivity index (χ0) is 12.2. The quantitative estimate of drug-likeness (QED) is 0.774. The number of rotatable bonds is 5. The standard InChI is InChI=1S/C14H21NO/c1-4-14(5-2,10-15)13(16)12-8-6-7-11(3)9-12/h6-9H,4-5,10,15H2,1-3H3. The first-order valence-electron chi connectivity index (χ1n) is 5.91. The first kappa shape index (κ1) is 12.9.